The fraction of sp³-hybridized carbons (Fsp3) is 0.0526. The van der Waals surface area contributed by atoms with E-state index in [1.807, 2.05) is 23.5 Å². The zero-order chi connectivity index (χ0) is 14.2. The van der Waals surface area contributed by atoms with Crippen LogP contribution in [-0.2, 0) is 6.42 Å². The standard InChI is InChI=1S/C19H15NS/c20-16-7-4-8-18-19(16)15-12-14(9-10-17(15)21-18)11-13-5-2-1-3-6-13/h1-10,12H,11,20H2. The summed E-state index contributed by atoms with van der Waals surface area (Å²) in [6.45, 7) is 0. The molecule has 1 nitrogen and oxygen atoms in total. The van der Waals surface area contributed by atoms with Crippen molar-refractivity contribution in [3.05, 3.63) is 77.9 Å². The highest BCUT2D eigenvalue weighted by atomic mass is 32.1. The molecule has 0 aliphatic heterocycles. The van der Waals surface area contributed by atoms with Crippen molar-refractivity contribution >= 4 is 37.2 Å². The molecule has 1 aromatic heterocycles. The highest BCUT2D eigenvalue weighted by molar-refractivity contribution is 7.25. The van der Waals surface area contributed by atoms with Crippen LogP contribution in [0.4, 0.5) is 5.69 Å². The molecule has 0 spiro atoms. The molecule has 0 unspecified atom stereocenters. The van der Waals surface area contributed by atoms with Crippen molar-refractivity contribution in [1.82, 2.24) is 0 Å². The van der Waals surface area contributed by atoms with Crippen molar-refractivity contribution in [3.63, 3.8) is 0 Å². The molecule has 0 aliphatic rings. The maximum Gasteiger partial charge on any atom is 0.0408 e. The number of anilines is 1. The van der Waals surface area contributed by atoms with Gasteiger partial charge in [-0.1, -0.05) is 42.5 Å². The maximum atomic E-state index is 6.18. The first-order chi connectivity index (χ1) is 10.3. The molecule has 0 bridgehead atoms. The SMILES string of the molecule is Nc1cccc2sc3ccc(Cc4ccccc4)cc3c12. The number of thiophene rings is 1. The van der Waals surface area contributed by atoms with Gasteiger partial charge in [-0.2, -0.15) is 0 Å². The number of rotatable bonds is 2. The Labute approximate surface area is 127 Å². The van der Waals surface area contributed by atoms with Crippen LogP contribution in [0.15, 0.2) is 66.7 Å². The second-order valence-electron chi connectivity index (χ2n) is 5.32. The van der Waals surface area contributed by atoms with Gasteiger partial charge in [0.2, 0.25) is 0 Å². The van der Waals surface area contributed by atoms with Crippen LogP contribution in [-0.4, -0.2) is 0 Å². The molecule has 0 fully saturated rings. The molecule has 0 radical (unpaired) electrons. The Morgan fingerprint density at radius 1 is 0.762 bits per heavy atom. The fourth-order valence-corrected chi connectivity index (χ4v) is 3.96. The first-order valence-corrected chi connectivity index (χ1v) is 7.86. The minimum Gasteiger partial charge on any atom is -0.398 e. The van der Waals surface area contributed by atoms with Crippen molar-refractivity contribution < 1.29 is 0 Å². The second kappa shape index (κ2) is 4.90. The number of fused-ring (bicyclic) bond motifs is 3. The molecule has 0 saturated heterocycles. The highest BCUT2D eigenvalue weighted by Crippen LogP contribution is 2.37. The van der Waals surface area contributed by atoms with E-state index in [2.05, 4.69) is 54.6 Å². The molecule has 1 heterocycles. The Bertz CT molecular complexity index is 922. The van der Waals surface area contributed by atoms with E-state index in [9.17, 15) is 0 Å². The van der Waals surface area contributed by atoms with Crippen LogP contribution >= 0.6 is 11.3 Å². The lowest BCUT2D eigenvalue weighted by Gasteiger charge is -2.03. The lowest BCUT2D eigenvalue weighted by molar-refractivity contribution is 1.20. The van der Waals surface area contributed by atoms with Crippen LogP contribution in [0.5, 0.6) is 0 Å². The molecule has 21 heavy (non-hydrogen) atoms. The van der Waals surface area contributed by atoms with Crippen LogP contribution in [0, 0.1) is 0 Å². The van der Waals surface area contributed by atoms with Gasteiger partial charge in [0, 0.05) is 25.9 Å². The molecule has 4 aromatic rings. The molecular formula is C19H15NS. The van der Waals surface area contributed by atoms with Gasteiger partial charge in [-0.05, 0) is 41.8 Å². The molecule has 0 amide bonds. The first-order valence-electron chi connectivity index (χ1n) is 7.05. The molecule has 0 saturated carbocycles. The zero-order valence-electron chi connectivity index (χ0n) is 11.5. The lowest BCUT2D eigenvalue weighted by Crippen LogP contribution is -1.88. The minimum atomic E-state index is 0.871. The minimum absolute atomic E-state index is 0.871. The zero-order valence-corrected chi connectivity index (χ0v) is 12.4. The summed E-state index contributed by atoms with van der Waals surface area (Å²) < 4.78 is 2.57. The van der Waals surface area contributed by atoms with E-state index in [0.29, 0.717) is 0 Å². The fourth-order valence-electron chi connectivity index (χ4n) is 2.84. The van der Waals surface area contributed by atoms with Gasteiger partial charge in [-0.25, -0.2) is 0 Å². The van der Waals surface area contributed by atoms with Gasteiger partial charge < -0.3 is 5.73 Å². The topological polar surface area (TPSA) is 26.0 Å². The molecule has 0 atom stereocenters. The molecule has 2 heteroatoms. The van der Waals surface area contributed by atoms with E-state index in [1.54, 1.807) is 0 Å². The van der Waals surface area contributed by atoms with Crippen molar-refractivity contribution in [2.45, 2.75) is 6.42 Å². The summed E-state index contributed by atoms with van der Waals surface area (Å²) in [7, 11) is 0. The van der Waals surface area contributed by atoms with Crippen molar-refractivity contribution in [2.75, 3.05) is 5.73 Å². The Hall–Kier alpha value is -2.32. The third kappa shape index (κ3) is 2.18. The normalized spacial score (nSPS) is 11.2. The van der Waals surface area contributed by atoms with Gasteiger partial charge in [0.25, 0.3) is 0 Å². The summed E-state index contributed by atoms with van der Waals surface area (Å²) in [5.41, 5.74) is 9.71. The summed E-state index contributed by atoms with van der Waals surface area (Å²) in [4.78, 5) is 0. The highest BCUT2D eigenvalue weighted by Gasteiger charge is 2.08. The van der Waals surface area contributed by atoms with Crippen LogP contribution in [0.3, 0.4) is 0 Å². The van der Waals surface area contributed by atoms with Crippen LogP contribution in [0.25, 0.3) is 20.2 Å². The van der Waals surface area contributed by atoms with Crippen molar-refractivity contribution in [1.29, 1.82) is 0 Å². The van der Waals surface area contributed by atoms with Gasteiger partial charge in [-0.15, -0.1) is 11.3 Å². The Kier molecular flexibility index (Phi) is 2.90. The monoisotopic (exact) mass is 289 g/mol. The molecule has 102 valence electrons. The molecule has 2 N–H and O–H groups in total. The molecule has 4 rings (SSSR count). The quantitative estimate of drug-likeness (QED) is 0.502. The van der Waals surface area contributed by atoms with E-state index >= 15 is 0 Å². The van der Waals surface area contributed by atoms with E-state index < -0.39 is 0 Å². The summed E-state index contributed by atoms with van der Waals surface area (Å²) in [6.07, 6.45) is 0.959. The number of hydrogen-bond donors (Lipinski definition) is 1. The molecule has 3 aromatic carbocycles. The number of hydrogen-bond acceptors (Lipinski definition) is 2. The van der Waals surface area contributed by atoms with Crippen LogP contribution in [0.2, 0.25) is 0 Å². The largest absolute Gasteiger partial charge is 0.398 e. The number of benzene rings is 3. The van der Waals surface area contributed by atoms with Gasteiger partial charge in [0.1, 0.15) is 0 Å². The Morgan fingerprint density at radius 2 is 1.62 bits per heavy atom. The van der Waals surface area contributed by atoms with Crippen LogP contribution < -0.4 is 5.73 Å². The van der Waals surface area contributed by atoms with Gasteiger partial charge >= 0.3 is 0 Å². The molecule has 0 aliphatic carbocycles. The number of nitrogen functional groups attached to an aromatic ring is 1. The maximum absolute atomic E-state index is 6.18. The number of nitrogens with two attached hydrogens (primary N) is 1. The van der Waals surface area contributed by atoms with E-state index in [1.165, 1.54) is 31.3 Å². The summed E-state index contributed by atoms with van der Waals surface area (Å²) in [5.74, 6) is 0. The third-order valence-electron chi connectivity index (χ3n) is 3.84. The van der Waals surface area contributed by atoms with Crippen molar-refractivity contribution in [3.8, 4) is 0 Å². The Morgan fingerprint density at radius 3 is 2.48 bits per heavy atom. The summed E-state index contributed by atoms with van der Waals surface area (Å²) in [5, 5.41) is 2.48. The third-order valence-corrected chi connectivity index (χ3v) is 4.98. The average Bonchev–Trinajstić information content (AvgIpc) is 2.87. The Balaban J connectivity index is 1.87. The van der Waals surface area contributed by atoms with Crippen molar-refractivity contribution in [2.24, 2.45) is 0 Å². The average molecular weight is 289 g/mol. The molecular weight excluding hydrogens is 274 g/mol. The van der Waals surface area contributed by atoms with E-state index in [4.69, 9.17) is 5.73 Å². The van der Waals surface area contributed by atoms with E-state index in [0.717, 1.165) is 12.1 Å². The van der Waals surface area contributed by atoms with Gasteiger partial charge in [0.15, 0.2) is 0 Å². The van der Waals surface area contributed by atoms with E-state index in [-0.39, 0.29) is 0 Å². The lowest BCUT2D eigenvalue weighted by atomic mass is 10.0. The predicted octanol–water partition coefficient (Wildman–Crippen LogP) is 5.23. The van der Waals surface area contributed by atoms with Crippen LogP contribution in [0.1, 0.15) is 11.1 Å². The van der Waals surface area contributed by atoms with Gasteiger partial charge in [-0.3, -0.25) is 0 Å². The summed E-state index contributed by atoms with van der Waals surface area (Å²) >= 11 is 1.81. The predicted molar refractivity (Wildman–Crippen MR) is 93.0 cm³/mol. The smallest absolute Gasteiger partial charge is 0.0408 e. The van der Waals surface area contributed by atoms with Gasteiger partial charge in [0.05, 0.1) is 0 Å². The summed E-state index contributed by atoms with van der Waals surface area (Å²) in [6, 6.07) is 23.5. The second-order valence-corrected chi connectivity index (χ2v) is 6.40. The first kappa shape index (κ1) is 12.4.